The van der Waals surface area contributed by atoms with Crippen LogP contribution < -0.4 is 0 Å². The van der Waals surface area contributed by atoms with Crippen molar-refractivity contribution in [3.8, 4) is 0 Å². The zero-order valence-electron chi connectivity index (χ0n) is 70.9. The monoisotopic (exact) mass is 2550 g/mol. The Morgan fingerprint density at radius 1 is 0.290 bits per heavy atom. The normalized spacial score (nSPS) is 7.27. The van der Waals surface area contributed by atoms with Crippen LogP contribution in [0.25, 0.3) is 76.9 Å². The summed E-state index contributed by atoms with van der Waals surface area (Å²) in [7, 11) is 0. The topological polar surface area (TPSA) is 423 Å². The molecule has 11 radical (unpaired) electrons. The van der Waals surface area contributed by atoms with Gasteiger partial charge in [-0.15, -0.1) is 42.5 Å². The van der Waals surface area contributed by atoms with E-state index in [1.165, 1.54) is 59.7 Å². The van der Waals surface area contributed by atoms with Gasteiger partial charge in [-0.25, -0.2) is 61.2 Å². The van der Waals surface area contributed by atoms with Gasteiger partial charge in [0.2, 0.25) is 0 Å². The molecule has 131 heavy (non-hydrogen) atoms. The molecule has 0 spiro atoms. The Labute approximate surface area is 1050 Å². The van der Waals surface area contributed by atoms with E-state index < -0.39 is 0 Å². The molecule has 0 saturated heterocycles. The molecule has 0 aliphatic heterocycles. The third-order valence-corrected chi connectivity index (χ3v) is 10.8. The van der Waals surface area contributed by atoms with Crippen LogP contribution in [0, 0.1) is 63.7 Å². The predicted octanol–water partition coefficient (Wildman–Crippen LogP) is 19.2. The van der Waals surface area contributed by atoms with Crippen LogP contribution in [0.3, 0.4) is 0 Å². The molecule has 0 aliphatic rings. The number of aliphatic imine (C=N–C) groups is 3. The van der Waals surface area contributed by atoms with Gasteiger partial charge >= 0.3 is 0 Å². The van der Waals surface area contributed by atoms with Gasteiger partial charge in [0.25, 0.3) is 0 Å². The van der Waals surface area contributed by atoms with E-state index >= 15 is 0 Å². The average molecular weight is 2550 g/mol. The van der Waals surface area contributed by atoms with Gasteiger partial charge in [0.1, 0.15) is 25.3 Å². The van der Waals surface area contributed by atoms with Crippen molar-refractivity contribution >= 4 is 115 Å². The Morgan fingerprint density at radius 2 is 0.656 bits per heavy atom. The minimum atomic E-state index is 0. The molecule has 641 valence electrons. The van der Waals surface area contributed by atoms with Crippen molar-refractivity contribution in [3.05, 3.63) is 486 Å². The number of pyridine rings is 3. The Bertz CT molecular complexity index is 3980. The zero-order chi connectivity index (χ0) is 88.8. The SMILES string of the molecule is [CH-]=CC=[CH-].[CH-]=CC=[N-].[CH-]=CN=[CH-].[CH-]=CN=[N-].[CH-]=Cc1[c-]cccc1.[CH-]=NC=[N-].[CH-]=NN=[CH-].[CH-]=Nc1[c-]cccc1.[N-]=CC=[N-].[N-]=Cc1[c-]cccc1.[N-]=Nc1[c-]cccc1.[Y].[Y].[Y].[Y].[Y].[Y].[Y].[Y].[Y].[Y].[Y].c1ccc2cnccc2c1.c1ccc2ncccc2c1.c1ccc2nccnc2c1.c1ccncc1.c1ccnnc1.c1cnccn1.c1cncnc1.c1ncncn1. The number of aromatic nitrogens is 14. The Kier molecular flexibility index (Phi) is 170. The van der Waals surface area contributed by atoms with E-state index in [4.69, 9.17) is 64.6 Å². The molecule has 0 atom stereocenters. The van der Waals surface area contributed by atoms with E-state index in [-0.39, 0.29) is 360 Å². The fourth-order valence-electron chi connectivity index (χ4n) is 6.14. The summed E-state index contributed by atoms with van der Waals surface area (Å²) in [5.41, 5.74) is 21.2. The Balaban J connectivity index is -0.0000000837. The van der Waals surface area contributed by atoms with Gasteiger partial charge in [0.05, 0.1) is 16.6 Å². The molecule has 8 aromatic heterocycles. The van der Waals surface area contributed by atoms with E-state index in [0.717, 1.165) is 53.0 Å². The predicted molar refractivity (Wildman–Crippen MR) is 487 cm³/mol. The molecule has 7 aromatic carbocycles. The van der Waals surface area contributed by atoms with E-state index in [0.29, 0.717) is 35.7 Å². The van der Waals surface area contributed by atoms with Crippen molar-refractivity contribution in [2.24, 2.45) is 35.4 Å². The number of allylic oxidation sites excluding steroid dienone is 3. The number of hydrogen-bond acceptors (Lipinski definition) is 20. The molecule has 15 aromatic rings. The van der Waals surface area contributed by atoms with Crippen LogP contribution in [0.2, 0.25) is 0 Å². The summed E-state index contributed by atoms with van der Waals surface area (Å²) < 4.78 is 0. The smallest absolute Gasteiger partial charge is 0.119 e. The largest absolute Gasteiger partial charge is 0.911 e. The van der Waals surface area contributed by atoms with Crippen molar-refractivity contribution in [2.75, 3.05) is 0 Å². The van der Waals surface area contributed by atoms with Gasteiger partial charge in [-0.05, 0) is 71.4 Å². The first kappa shape index (κ1) is 159. The summed E-state index contributed by atoms with van der Waals surface area (Å²) in [5.74, 6) is 0. The fraction of sp³-hybridized carbons (Fsp3) is 0. The number of benzene rings is 7. The Hall–Kier alpha value is -5.42. The summed E-state index contributed by atoms with van der Waals surface area (Å²) in [6.45, 7) is 50.8. The fourth-order valence-corrected chi connectivity index (χ4v) is 6.14. The van der Waals surface area contributed by atoms with Crippen LogP contribution in [0.1, 0.15) is 11.1 Å². The number of fused-ring (bicyclic) bond motifs is 3. The van der Waals surface area contributed by atoms with Gasteiger partial charge < -0.3 is 163 Å². The Morgan fingerprint density at radius 3 is 0.901 bits per heavy atom. The van der Waals surface area contributed by atoms with Gasteiger partial charge in [0, 0.05) is 458 Å². The van der Waals surface area contributed by atoms with Crippen molar-refractivity contribution in [3.63, 3.8) is 0 Å². The minimum Gasteiger partial charge on any atom is -0.911 e. The van der Waals surface area contributed by atoms with Crippen LogP contribution in [0.5, 0.6) is 0 Å². The second kappa shape index (κ2) is 140. The molecule has 0 fully saturated rings. The van der Waals surface area contributed by atoms with Gasteiger partial charge in [-0.1, -0.05) is 72.4 Å². The third-order valence-electron chi connectivity index (χ3n) is 10.8. The first-order chi connectivity index (χ1) is 59.0. The second-order valence-electron chi connectivity index (χ2n) is 18.7. The van der Waals surface area contributed by atoms with E-state index in [1.54, 1.807) is 123 Å². The summed E-state index contributed by atoms with van der Waals surface area (Å²) in [4.78, 5) is 54.7. The molecular weight excluding hydrogens is 2480 g/mol. The van der Waals surface area contributed by atoms with Crippen LogP contribution in [0.4, 0.5) is 11.4 Å². The van der Waals surface area contributed by atoms with Crippen molar-refractivity contribution < 1.29 is 360 Å². The molecule has 0 unspecified atom stereocenters. The maximum atomic E-state index is 8.38. The summed E-state index contributed by atoms with van der Waals surface area (Å²) in [6.07, 6.45) is 41.8. The molecular formula is C92H78N28Y11-22. The number of hydrogen-bond donors (Lipinski definition) is 0. The van der Waals surface area contributed by atoms with Crippen molar-refractivity contribution in [1.82, 2.24) is 70.0 Å². The van der Waals surface area contributed by atoms with E-state index in [9.17, 15) is 0 Å². The molecule has 0 N–H and O–H groups in total. The third kappa shape index (κ3) is 119. The van der Waals surface area contributed by atoms with Crippen LogP contribution in [-0.2, 0) is 360 Å². The summed E-state index contributed by atoms with van der Waals surface area (Å²) in [6, 6.07) is 81.6. The van der Waals surface area contributed by atoms with Crippen LogP contribution >= 0.6 is 0 Å². The summed E-state index contributed by atoms with van der Waals surface area (Å²) in [5, 5.41) is 59.6. The van der Waals surface area contributed by atoms with E-state index in [1.807, 2.05) is 170 Å². The van der Waals surface area contributed by atoms with Gasteiger partial charge in [0.15, 0.2) is 0 Å². The number of para-hydroxylation sites is 4. The van der Waals surface area contributed by atoms with Crippen molar-refractivity contribution in [2.45, 2.75) is 0 Å². The second-order valence-corrected chi connectivity index (χ2v) is 18.7. The van der Waals surface area contributed by atoms with Crippen LogP contribution in [0.15, 0.2) is 409 Å². The minimum absolute atomic E-state index is 0. The van der Waals surface area contributed by atoms with Gasteiger partial charge in [-0.2, -0.15) is 90.0 Å². The first-order valence-corrected chi connectivity index (χ1v) is 33.4. The maximum absolute atomic E-state index is 8.38. The van der Waals surface area contributed by atoms with Crippen molar-refractivity contribution in [1.29, 1.82) is 0 Å². The maximum Gasteiger partial charge on any atom is 0.119 e. The zero-order valence-corrected chi connectivity index (χ0v) is 102. The standard InChI is InChI=1S/2C9H7N.C8H6N2.C8H6.2C7H5N.C6H4N2.C5H5N.3C4H4N2.C4H4.C3H3N3.2C3H3N.4C2H2N2.11Y/c1-2-6-9-8(4-1)5-3-7-10-9;1-2-4-9-7-10-6-5-8(9)3-1;1-2-4-8-7(3-1)9-5-6-10-8;1-2-8-6-4-3-5-7-8;1-8-7-5-3-2-4-6-7;8-6-7-4-2-1-3-5-7;7-8-6-4-2-1-3-5-6;1-2-4-6-5-3-1;1-2-6-4-3-5-1;1-2-5-4-6-3-1;1-2-4-6-5-3-1;1-3-4-2;1-4-2-6-3-5-1;1-3-4-2;1-2-3-4;1-4-2-3;1-3-4-2;1-2-4-3;3-1-2-4;;;;;;;;;;;/h2*1-7H;1-6H;1-6H;1-5H;1-4,6H;1-4H;1-5H;3*1-4H;1-4H;1-3H;2*1-3H;4*1-2H;;;;;;;;;;;/q;;;4*-2;;;;;-2;;6*-2;;;;;;;;;;;. The average Bonchev–Trinajstić information content (AvgIpc) is 0.882. The molecule has 0 bridgehead atoms. The molecule has 0 saturated carbocycles. The number of nitrogens with zero attached hydrogens (tertiary/aromatic N) is 28. The number of rotatable bonds is 11. The molecule has 0 amide bonds. The van der Waals surface area contributed by atoms with Crippen LogP contribution in [-0.4, -0.2) is 135 Å². The molecule has 28 nitrogen and oxygen atoms in total. The van der Waals surface area contributed by atoms with Gasteiger partial charge in [-0.3, -0.25) is 66.2 Å². The molecule has 0 aliphatic carbocycles. The molecule has 39 heteroatoms. The molecule has 8 heterocycles. The van der Waals surface area contributed by atoms with E-state index in [2.05, 4.69) is 201 Å². The molecule has 15 rings (SSSR count). The quantitative estimate of drug-likeness (QED) is 0.0290. The summed E-state index contributed by atoms with van der Waals surface area (Å²) >= 11 is 0. The first-order valence-electron chi connectivity index (χ1n) is 33.4.